The van der Waals surface area contributed by atoms with Gasteiger partial charge in [0.05, 0.1) is 26.0 Å². The lowest BCUT2D eigenvalue weighted by molar-refractivity contribution is 0.599. The normalized spacial score (nSPS) is 16.4. The van der Waals surface area contributed by atoms with Gasteiger partial charge in [0.15, 0.2) is 5.84 Å². The maximum atomic E-state index is 12.8. The number of aliphatic imine (C=N–C) groups is 2. The van der Waals surface area contributed by atoms with Gasteiger partial charge in [-0.3, -0.25) is 9.56 Å². The third-order valence-electron chi connectivity index (χ3n) is 5.86. The van der Waals surface area contributed by atoms with Crippen LogP contribution in [0.5, 0.6) is 0 Å². The highest BCUT2D eigenvalue weighted by Crippen LogP contribution is 2.33. The van der Waals surface area contributed by atoms with Gasteiger partial charge in [-0.05, 0) is 48.4 Å². The van der Waals surface area contributed by atoms with E-state index in [0.717, 1.165) is 33.3 Å². The lowest BCUT2D eigenvalue weighted by Gasteiger charge is -2.02. The second-order valence-corrected chi connectivity index (χ2v) is 9.35. The zero-order valence-corrected chi connectivity index (χ0v) is 18.7. The highest BCUT2D eigenvalue weighted by atomic mass is 32.1. The van der Waals surface area contributed by atoms with Crippen LogP contribution in [0.1, 0.15) is 36.6 Å². The van der Waals surface area contributed by atoms with Gasteiger partial charge in [0.2, 0.25) is 0 Å². The van der Waals surface area contributed by atoms with E-state index in [1.165, 1.54) is 29.6 Å². The average Bonchev–Trinajstić information content (AvgIpc) is 3.21. The summed E-state index contributed by atoms with van der Waals surface area (Å²) in [6, 6.07) is 12.4. The van der Waals surface area contributed by atoms with Crippen LogP contribution in [0.2, 0.25) is 0 Å². The summed E-state index contributed by atoms with van der Waals surface area (Å²) in [6.45, 7) is 3.22. The Hall–Kier alpha value is -3.13. The summed E-state index contributed by atoms with van der Waals surface area (Å²) in [4.78, 5) is 24.0. The van der Waals surface area contributed by atoms with Crippen molar-refractivity contribution in [1.29, 1.82) is 0 Å². The highest BCUT2D eigenvalue weighted by molar-refractivity contribution is 7.15. The molecule has 0 bridgehead atoms. The lowest BCUT2D eigenvalue weighted by atomic mass is 10.1. The van der Waals surface area contributed by atoms with Gasteiger partial charge in [-0.25, -0.2) is 18.9 Å². The van der Waals surface area contributed by atoms with Crippen LogP contribution in [0.4, 0.5) is 4.39 Å². The van der Waals surface area contributed by atoms with Gasteiger partial charge in [0.1, 0.15) is 6.33 Å². The fourth-order valence-electron chi connectivity index (χ4n) is 3.73. The molecular weight excluding hydrogens is 425 g/mol. The summed E-state index contributed by atoms with van der Waals surface area (Å²) < 4.78 is 15.7. The van der Waals surface area contributed by atoms with Crippen molar-refractivity contribution in [2.45, 2.75) is 39.3 Å². The molecule has 6 nitrogen and oxygen atoms in total. The number of rotatable bonds is 8. The van der Waals surface area contributed by atoms with Gasteiger partial charge < -0.3 is 0 Å². The SMILES string of the molecule is CC/C(=C\F)Cn1ncn(Cc2ccc(-c3ccc(C4=NCC(C5CC5)=N4)cc3)s2)c1=O. The Kier molecular flexibility index (Phi) is 5.70. The largest absolute Gasteiger partial charge is 0.346 e. The van der Waals surface area contributed by atoms with Gasteiger partial charge in [0, 0.05) is 21.0 Å². The molecule has 0 unspecified atom stereocenters. The smallest absolute Gasteiger partial charge is 0.276 e. The van der Waals surface area contributed by atoms with Crippen LogP contribution >= 0.6 is 11.3 Å². The Labute approximate surface area is 189 Å². The van der Waals surface area contributed by atoms with E-state index in [1.807, 2.05) is 13.0 Å². The third-order valence-corrected chi connectivity index (χ3v) is 6.98. The van der Waals surface area contributed by atoms with Crippen molar-refractivity contribution >= 4 is 22.9 Å². The summed E-state index contributed by atoms with van der Waals surface area (Å²) >= 11 is 1.65. The molecule has 8 heteroatoms. The number of halogens is 1. The maximum absolute atomic E-state index is 12.8. The topological polar surface area (TPSA) is 64.5 Å². The van der Waals surface area contributed by atoms with Crippen molar-refractivity contribution in [1.82, 2.24) is 14.3 Å². The average molecular weight is 450 g/mol. The highest BCUT2D eigenvalue weighted by Gasteiger charge is 2.29. The van der Waals surface area contributed by atoms with Crippen LogP contribution in [0.25, 0.3) is 10.4 Å². The number of amidine groups is 1. The van der Waals surface area contributed by atoms with Crippen LogP contribution in [0.3, 0.4) is 0 Å². The molecule has 164 valence electrons. The molecular formula is C24H24FN5OS. The van der Waals surface area contributed by atoms with Crippen molar-refractivity contribution in [3.63, 3.8) is 0 Å². The Balaban J connectivity index is 1.27. The maximum Gasteiger partial charge on any atom is 0.346 e. The van der Waals surface area contributed by atoms with Gasteiger partial charge >= 0.3 is 5.69 Å². The number of allylic oxidation sites excluding steroid dienone is 1. The van der Waals surface area contributed by atoms with Gasteiger partial charge in [0.25, 0.3) is 0 Å². The molecule has 0 N–H and O–H groups in total. The zero-order chi connectivity index (χ0) is 22.1. The number of hydrogen-bond acceptors (Lipinski definition) is 5. The van der Waals surface area contributed by atoms with Gasteiger partial charge in [-0.15, -0.1) is 11.3 Å². The second kappa shape index (κ2) is 8.78. The van der Waals surface area contributed by atoms with Crippen LogP contribution < -0.4 is 5.69 Å². The van der Waals surface area contributed by atoms with Crippen molar-refractivity contribution in [2.24, 2.45) is 15.9 Å². The molecule has 0 radical (unpaired) electrons. The van der Waals surface area contributed by atoms with E-state index in [4.69, 9.17) is 4.99 Å². The number of thiophene rings is 1. The fourth-order valence-corrected chi connectivity index (χ4v) is 4.74. The first-order chi connectivity index (χ1) is 15.6. The molecule has 32 heavy (non-hydrogen) atoms. The minimum atomic E-state index is -0.236. The van der Waals surface area contributed by atoms with E-state index >= 15 is 0 Å². The predicted molar refractivity (Wildman–Crippen MR) is 126 cm³/mol. The van der Waals surface area contributed by atoms with Gasteiger partial charge in [-0.1, -0.05) is 31.2 Å². The number of benzene rings is 1. The molecule has 3 heterocycles. The summed E-state index contributed by atoms with van der Waals surface area (Å²) in [5.74, 6) is 1.50. The van der Waals surface area contributed by atoms with E-state index < -0.39 is 0 Å². The minimum absolute atomic E-state index is 0.179. The zero-order valence-electron chi connectivity index (χ0n) is 17.9. The Morgan fingerprint density at radius 2 is 1.97 bits per heavy atom. The van der Waals surface area contributed by atoms with E-state index in [1.54, 1.807) is 15.9 Å². The van der Waals surface area contributed by atoms with Gasteiger partial charge in [-0.2, -0.15) is 5.10 Å². The van der Waals surface area contributed by atoms with Crippen LogP contribution in [-0.2, 0) is 13.1 Å². The molecule has 1 fully saturated rings. The standard InChI is InChI=1S/C24H24FN5OS/c1-2-16(11-25)13-30-24(31)29(15-27-30)14-20-9-10-22(32-20)18-5-7-19(8-6-18)23-26-12-21(28-23)17-3-4-17/h5-11,15,17H,2-4,12-14H2,1H3/b16-11+. The molecule has 0 amide bonds. The Bertz CT molecular complexity index is 1270. The molecule has 0 spiro atoms. The van der Waals surface area contributed by atoms with E-state index in [0.29, 0.717) is 30.8 Å². The quantitative estimate of drug-likeness (QED) is 0.501. The molecule has 1 saturated carbocycles. The minimum Gasteiger partial charge on any atom is -0.276 e. The van der Waals surface area contributed by atoms with Crippen molar-refractivity contribution < 1.29 is 4.39 Å². The Morgan fingerprint density at radius 3 is 2.69 bits per heavy atom. The van der Waals surface area contributed by atoms with Crippen LogP contribution in [0.15, 0.2) is 69.4 Å². The summed E-state index contributed by atoms with van der Waals surface area (Å²) in [5, 5.41) is 4.12. The van der Waals surface area contributed by atoms with E-state index in [2.05, 4.69) is 40.4 Å². The lowest BCUT2D eigenvalue weighted by Crippen LogP contribution is -2.25. The molecule has 0 atom stereocenters. The summed E-state index contributed by atoms with van der Waals surface area (Å²) in [5.41, 5.74) is 3.71. The van der Waals surface area contributed by atoms with Crippen LogP contribution in [-0.4, -0.2) is 32.4 Å². The molecule has 2 aromatic heterocycles. The van der Waals surface area contributed by atoms with Crippen molar-refractivity contribution in [3.05, 3.63) is 75.6 Å². The monoisotopic (exact) mass is 449 g/mol. The number of hydrogen-bond donors (Lipinski definition) is 0. The fraction of sp³-hybridized carbons (Fsp3) is 0.333. The second-order valence-electron chi connectivity index (χ2n) is 8.18. The van der Waals surface area contributed by atoms with E-state index in [-0.39, 0.29) is 12.2 Å². The summed E-state index contributed by atoms with van der Waals surface area (Å²) in [6.07, 6.45) is 5.12. The van der Waals surface area contributed by atoms with E-state index in [9.17, 15) is 9.18 Å². The predicted octanol–water partition coefficient (Wildman–Crippen LogP) is 4.70. The molecule has 2 aliphatic rings. The molecule has 1 aliphatic carbocycles. The first kappa shape index (κ1) is 20.8. The Morgan fingerprint density at radius 1 is 1.19 bits per heavy atom. The number of nitrogens with zero attached hydrogens (tertiary/aromatic N) is 5. The van der Waals surface area contributed by atoms with Crippen molar-refractivity contribution in [2.75, 3.05) is 6.54 Å². The molecule has 3 aromatic rings. The first-order valence-corrected chi connectivity index (χ1v) is 11.7. The number of aromatic nitrogens is 3. The molecule has 0 saturated heterocycles. The summed E-state index contributed by atoms with van der Waals surface area (Å²) in [7, 11) is 0. The third kappa shape index (κ3) is 4.27. The first-order valence-electron chi connectivity index (χ1n) is 10.9. The van der Waals surface area contributed by atoms with Crippen molar-refractivity contribution in [3.8, 4) is 10.4 Å². The molecule has 5 rings (SSSR count). The van der Waals surface area contributed by atoms with Crippen LogP contribution in [0, 0.1) is 5.92 Å². The molecule has 1 aromatic carbocycles. The molecule has 1 aliphatic heterocycles.